The molecule has 2 atom stereocenters. The number of aromatic amines is 1. The Balaban J connectivity index is 2.44. The van der Waals surface area contributed by atoms with Crippen molar-refractivity contribution in [3.63, 3.8) is 0 Å². The standard InChI is InChI=1S/C13H12N2O3/c14-5-3-12(17)13(18)8-1-2-10-9(7-8)11(16)4-6-15-10/h1-2,4,6-7,12-13,17-18H,3H2,(H,15,16). The van der Waals surface area contributed by atoms with E-state index in [9.17, 15) is 15.0 Å². The van der Waals surface area contributed by atoms with E-state index in [0.717, 1.165) is 0 Å². The maximum atomic E-state index is 11.6. The van der Waals surface area contributed by atoms with Gasteiger partial charge in [-0.2, -0.15) is 5.26 Å². The number of nitriles is 1. The number of hydrogen-bond donors (Lipinski definition) is 3. The average molecular weight is 244 g/mol. The normalized spacial score (nSPS) is 14.1. The topological polar surface area (TPSA) is 97.1 Å². The molecule has 1 aromatic heterocycles. The van der Waals surface area contributed by atoms with Gasteiger partial charge in [-0.1, -0.05) is 6.07 Å². The summed E-state index contributed by atoms with van der Waals surface area (Å²) in [4.78, 5) is 14.5. The zero-order chi connectivity index (χ0) is 13.1. The van der Waals surface area contributed by atoms with Gasteiger partial charge in [-0.05, 0) is 17.7 Å². The van der Waals surface area contributed by atoms with E-state index in [1.165, 1.54) is 12.1 Å². The van der Waals surface area contributed by atoms with E-state index < -0.39 is 12.2 Å². The van der Waals surface area contributed by atoms with Crippen molar-refractivity contribution in [3.8, 4) is 6.07 Å². The van der Waals surface area contributed by atoms with Crippen LogP contribution >= 0.6 is 0 Å². The number of fused-ring (bicyclic) bond motifs is 1. The summed E-state index contributed by atoms with van der Waals surface area (Å²) in [6.45, 7) is 0. The Bertz CT molecular complexity index is 657. The van der Waals surface area contributed by atoms with Crippen molar-refractivity contribution in [1.29, 1.82) is 5.26 Å². The second-order valence-corrected chi connectivity index (χ2v) is 4.02. The lowest BCUT2D eigenvalue weighted by Crippen LogP contribution is -2.17. The highest BCUT2D eigenvalue weighted by atomic mass is 16.3. The monoisotopic (exact) mass is 244 g/mol. The Morgan fingerprint density at radius 2 is 2.11 bits per heavy atom. The molecule has 0 spiro atoms. The Hall–Kier alpha value is -2.16. The van der Waals surface area contributed by atoms with Gasteiger partial charge < -0.3 is 15.2 Å². The summed E-state index contributed by atoms with van der Waals surface area (Å²) in [6, 6.07) is 7.98. The Morgan fingerprint density at radius 1 is 1.33 bits per heavy atom. The largest absolute Gasteiger partial charge is 0.389 e. The van der Waals surface area contributed by atoms with Crippen molar-refractivity contribution in [2.24, 2.45) is 0 Å². The lowest BCUT2D eigenvalue weighted by molar-refractivity contribution is 0.0217. The van der Waals surface area contributed by atoms with Crippen LogP contribution in [0, 0.1) is 11.3 Å². The van der Waals surface area contributed by atoms with Gasteiger partial charge in [0.25, 0.3) is 0 Å². The van der Waals surface area contributed by atoms with Crippen LogP contribution in [0.25, 0.3) is 10.9 Å². The molecule has 5 nitrogen and oxygen atoms in total. The van der Waals surface area contributed by atoms with Gasteiger partial charge in [-0.3, -0.25) is 4.79 Å². The third-order valence-corrected chi connectivity index (χ3v) is 2.79. The van der Waals surface area contributed by atoms with E-state index >= 15 is 0 Å². The van der Waals surface area contributed by atoms with Gasteiger partial charge >= 0.3 is 0 Å². The summed E-state index contributed by atoms with van der Waals surface area (Å²) in [5.41, 5.74) is 0.919. The first-order chi connectivity index (χ1) is 8.63. The molecule has 3 N–H and O–H groups in total. The number of aliphatic hydroxyl groups is 2. The number of rotatable bonds is 3. The number of H-pyrrole nitrogens is 1. The van der Waals surface area contributed by atoms with Gasteiger partial charge in [0, 0.05) is 23.2 Å². The molecule has 92 valence electrons. The zero-order valence-corrected chi connectivity index (χ0v) is 9.50. The number of nitrogens with zero attached hydrogens (tertiary/aromatic N) is 1. The van der Waals surface area contributed by atoms with Crippen molar-refractivity contribution < 1.29 is 10.2 Å². The SMILES string of the molecule is N#CCC(O)C(O)c1ccc2[nH]ccc(=O)c2c1. The summed E-state index contributed by atoms with van der Waals surface area (Å²) in [5.74, 6) is 0. The third kappa shape index (κ3) is 2.25. The molecule has 18 heavy (non-hydrogen) atoms. The van der Waals surface area contributed by atoms with Crippen LogP contribution in [0.3, 0.4) is 0 Å². The molecule has 2 unspecified atom stereocenters. The first-order valence-electron chi connectivity index (χ1n) is 5.48. The predicted octanol–water partition coefficient (Wildman–Crippen LogP) is 0.836. The summed E-state index contributed by atoms with van der Waals surface area (Å²) in [6.07, 6.45) is -0.945. The van der Waals surface area contributed by atoms with E-state index in [2.05, 4.69) is 4.98 Å². The lowest BCUT2D eigenvalue weighted by atomic mass is 10.0. The molecule has 0 amide bonds. The number of aromatic nitrogens is 1. The highest BCUT2D eigenvalue weighted by Crippen LogP contribution is 2.21. The molecule has 1 aromatic carbocycles. The van der Waals surface area contributed by atoms with Gasteiger partial charge in [0.1, 0.15) is 6.10 Å². The molecule has 0 saturated carbocycles. The first-order valence-corrected chi connectivity index (χ1v) is 5.48. The van der Waals surface area contributed by atoms with E-state index in [0.29, 0.717) is 16.5 Å². The fourth-order valence-corrected chi connectivity index (χ4v) is 1.80. The summed E-state index contributed by atoms with van der Waals surface area (Å²) in [7, 11) is 0. The van der Waals surface area contributed by atoms with E-state index in [1.54, 1.807) is 24.4 Å². The fourth-order valence-electron chi connectivity index (χ4n) is 1.80. The summed E-state index contributed by atoms with van der Waals surface area (Å²) < 4.78 is 0. The van der Waals surface area contributed by atoms with Crippen molar-refractivity contribution in [3.05, 3.63) is 46.2 Å². The number of aliphatic hydroxyl groups excluding tert-OH is 2. The zero-order valence-electron chi connectivity index (χ0n) is 9.50. The molecule has 0 aliphatic heterocycles. The van der Waals surface area contributed by atoms with Crippen molar-refractivity contribution >= 4 is 10.9 Å². The van der Waals surface area contributed by atoms with E-state index in [4.69, 9.17) is 5.26 Å². The van der Waals surface area contributed by atoms with Crippen molar-refractivity contribution in [1.82, 2.24) is 4.98 Å². The Labute approximate surface area is 103 Å². The van der Waals surface area contributed by atoms with E-state index in [-0.39, 0.29) is 11.8 Å². The quantitative estimate of drug-likeness (QED) is 0.745. The maximum Gasteiger partial charge on any atom is 0.189 e. The number of pyridine rings is 1. The molecule has 1 heterocycles. The van der Waals surface area contributed by atoms with E-state index in [1.807, 2.05) is 0 Å². The highest BCUT2D eigenvalue weighted by Gasteiger charge is 2.18. The third-order valence-electron chi connectivity index (χ3n) is 2.79. The van der Waals surface area contributed by atoms with Crippen LogP contribution < -0.4 is 5.43 Å². The van der Waals surface area contributed by atoms with Crippen LogP contribution in [-0.2, 0) is 0 Å². The van der Waals surface area contributed by atoms with Crippen molar-refractivity contribution in [2.45, 2.75) is 18.6 Å². The van der Waals surface area contributed by atoms with Crippen LogP contribution in [-0.4, -0.2) is 21.3 Å². The molecular formula is C13H12N2O3. The average Bonchev–Trinajstić information content (AvgIpc) is 2.38. The molecule has 5 heteroatoms. The van der Waals surface area contributed by atoms with Crippen molar-refractivity contribution in [2.75, 3.05) is 0 Å². The molecule has 0 radical (unpaired) electrons. The molecule has 2 rings (SSSR count). The maximum absolute atomic E-state index is 11.6. The molecule has 0 saturated heterocycles. The molecular weight excluding hydrogens is 232 g/mol. The number of hydrogen-bond acceptors (Lipinski definition) is 4. The molecule has 0 aliphatic carbocycles. The second-order valence-electron chi connectivity index (χ2n) is 4.02. The summed E-state index contributed by atoms with van der Waals surface area (Å²) >= 11 is 0. The molecule has 2 aromatic rings. The summed E-state index contributed by atoms with van der Waals surface area (Å²) in [5, 5.41) is 28.3. The van der Waals surface area contributed by atoms with Gasteiger partial charge in [-0.25, -0.2) is 0 Å². The fraction of sp³-hybridized carbons (Fsp3) is 0.231. The Kier molecular flexibility index (Phi) is 3.42. The smallest absolute Gasteiger partial charge is 0.189 e. The lowest BCUT2D eigenvalue weighted by Gasteiger charge is -2.15. The molecule has 0 bridgehead atoms. The van der Waals surface area contributed by atoms with Crippen LogP contribution in [0.1, 0.15) is 18.1 Å². The van der Waals surface area contributed by atoms with Crippen LogP contribution in [0.4, 0.5) is 0 Å². The minimum atomic E-state index is -1.17. The minimum absolute atomic E-state index is 0.160. The van der Waals surface area contributed by atoms with Crippen LogP contribution in [0.5, 0.6) is 0 Å². The first kappa shape index (κ1) is 12.3. The highest BCUT2D eigenvalue weighted by molar-refractivity contribution is 5.78. The van der Waals surface area contributed by atoms with Gasteiger partial charge in [0.15, 0.2) is 5.43 Å². The van der Waals surface area contributed by atoms with Gasteiger partial charge in [0.05, 0.1) is 18.6 Å². The van der Waals surface area contributed by atoms with Gasteiger partial charge in [0.2, 0.25) is 0 Å². The predicted molar refractivity (Wildman–Crippen MR) is 65.8 cm³/mol. The number of benzene rings is 1. The van der Waals surface area contributed by atoms with Crippen LogP contribution in [0.2, 0.25) is 0 Å². The molecule has 0 fully saturated rings. The second kappa shape index (κ2) is 5.00. The Morgan fingerprint density at radius 3 is 2.83 bits per heavy atom. The minimum Gasteiger partial charge on any atom is -0.389 e. The molecule has 0 aliphatic rings. The number of nitrogens with one attached hydrogen (secondary N) is 1. The van der Waals surface area contributed by atoms with Gasteiger partial charge in [-0.15, -0.1) is 0 Å². The van der Waals surface area contributed by atoms with Crippen LogP contribution in [0.15, 0.2) is 35.3 Å².